The number of nitrogens with one attached hydrogen (secondary N) is 1. The van der Waals surface area contributed by atoms with Crippen LogP contribution in [-0.4, -0.2) is 15.5 Å². The lowest BCUT2D eigenvalue weighted by Crippen LogP contribution is -2.28. The average Bonchev–Trinajstić information content (AvgIpc) is 3.13. The number of hydrogen-bond acceptors (Lipinski definition) is 4. The standard InChI is InChI=1S/C17H14FN3O2S/c18-11-5-1-2-6-12(11)20-14(22)8-21-9-19-16-15(17(21)23)10-4-3-7-13(10)24-16/h1-2,5-6,9H,3-4,7-8H2,(H,20,22). The van der Waals surface area contributed by atoms with Crippen LogP contribution in [0.25, 0.3) is 10.2 Å². The summed E-state index contributed by atoms with van der Waals surface area (Å²) in [6, 6.07) is 5.92. The first-order chi connectivity index (χ1) is 11.6. The molecule has 1 N–H and O–H groups in total. The third-order valence-corrected chi connectivity index (χ3v) is 5.35. The SMILES string of the molecule is O=C(Cn1cnc2sc3c(c2c1=O)CCC3)Nc1ccccc1F. The van der Waals surface area contributed by atoms with Crippen molar-refractivity contribution in [1.29, 1.82) is 0 Å². The summed E-state index contributed by atoms with van der Waals surface area (Å²) in [6.07, 6.45) is 4.32. The summed E-state index contributed by atoms with van der Waals surface area (Å²) in [4.78, 5) is 31.1. The Kier molecular flexibility index (Phi) is 3.65. The van der Waals surface area contributed by atoms with E-state index < -0.39 is 11.7 Å². The van der Waals surface area contributed by atoms with Crippen LogP contribution < -0.4 is 10.9 Å². The smallest absolute Gasteiger partial charge is 0.262 e. The number of nitrogens with zero attached hydrogens (tertiary/aromatic N) is 2. The van der Waals surface area contributed by atoms with Gasteiger partial charge in [-0.05, 0) is 37.0 Å². The molecule has 0 saturated carbocycles. The first-order valence-electron chi connectivity index (χ1n) is 7.67. The van der Waals surface area contributed by atoms with Crippen molar-refractivity contribution in [3.8, 4) is 0 Å². The van der Waals surface area contributed by atoms with Gasteiger partial charge < -0.3 is 5.32 Å². The van der Waals surface area contributed by atoms with Gasteiger partial charge in [0.25, 0.3) is 5.56 Å². The molecule has 0 bridgehead atoms. The molecule has 122 valence electrons. The lowest BCUT2D eigenvalue weighted by Gasteiger charge is -2.08. The molecule has 0 atom stereocenters. The Hall–Kier alpha value is -2.54. The number of halogens is 1. The van der Waals surface area contributed by atoms with Crippen molar-refractivity contribution >= 4 is 33.1 Å². The van der Waals surface area contributed by atoms with E-state index in [1.807, 2.05) is 0 Å². The number of hydrogen-bond donors (Lipinski definition) is 1. The molecule has 1 aromatic carbocycles. The molecule has 7 heteroatoms. The molecular formula is C17H14FN3O2S. The highest BCUT2D eigenvalue weighted by atomic mass is 32.1. The van der Waals surface area contributed by atoms with Crippen molar-refractivity contribution in [2.75, 3.05) is 5.32 Å². The Balaban J connectivity index is 1.63. The molecular weight excluding hydrogens is 329 g/mol. The van der Waals surface area contributed by atoms with Crippen LogP contribution in [0.15, 0.2) is 35.4 Å². The molecule has 5 nitrogen and oxygen atoms in total. The van der Waals surface area contributed by atoms with Crippen LogP contribution in [0.2, 0.25) is 0 Å². The number of aryl methyl sites for hydroxylation is 2. The van der Waals surface area contributed by atoms with Crippen LogP contribution in [-0.2, 0) is 24.2 Å². The number of carbonyl (C=O) groups is 1. The number of amides is 1. The maximum absolute atomic E-state index is 13.6. The third kappa shape index (κ3) is 2.50. The van der Waals surface area contributed by atoms with Crippen molar-refractivity contribution in [2.45, 2.75) is 25.8 Å². The highest BCUT2D eigenvalue weighted by Gasteiger charge is 2.21. The number of benzene rings is 1. The van der Waals surface area contributed by atoms with Gasteiger partial charge in [-0.1, -0.05) is 12.1 Å². The van der Waals surface area contributed by atoms with E-state index in [0.717, 1.165) is 29.7 Å². The average molecular weight is 343 g/mol. The number of carbonyl (C=O) groups excluding carboxylic acids is 1. The van der Waals surface area contributed by atoms with Gasteiger partial charge in [0.15, 0.2) is 0 Å². The first-order valence-corrected chi connectivity index (χ1v) is 8.49. The monoisotopic (exact) mass is 343 g/mol. The number of para-hydroxylation sites is 1. The second-order valence-electron chi connectivity index (χ2n) is 5.74. The minimum atomic E-state index is -0.512. The Morgan fingerprint density at radius 3 is 3.00 bits per heavy atom. The van der Waals surface area contributed by atoms with Crippen molar-refractivity contribution in [3.63, 3.8) is 0 Å². The van der Waals surface area contributed by atoms with Crippen LogP contribution in [0, 0.1) is 5.82 Å². The predicted molar refractivity (Wildman–Crippen MR) is 90.9 cm³/mol. The van der Waals surface area contributed by atoms with Crippen molar-refractivity contribution in [2.24, 2.45) is 0 Å². The highest BCUT2D eigenvalue weighted by Crippen LogP contribution is 2.34. The summed E-state index contributed by atoms with van der Waals surface area (Å²) in [5, 5.41) is 3.11. The van der Waals surface area contributed by atoms with E-state index in [-0.39, 0.29) is 17.8 Å². The zero-order valence-electron chi connectivity index (χ0n) is 12.7. The van der Waals surface area contributed by atoms with Gasteiger partial charge in [0.1, 0.15) is 17.2 Å². The van der Waals surface area contributed by atoms with Crippen LogP contribution >= 0.6 is 11.3 Å². The summed E-state index contributed by atoms with van der Waals surface area (Å²) < 4.78 is 14.9. The Labute approximate surface area is 140 Å². The van der Waals surface area contributed by atoms with Gasteiger partial charge in [0.2, 0.25) is 5.91 Å². The molecule has 3 aromatic rings. The zero-order valence-corrected chi connectivity index (χ0v) is 13.5. The maximum Gasteiger partial charge on any atom is 0.262 e. The fourth-order valence-electron chi connectivity index (χ4n) is 3.04. The largest absolute Gasteiger partial charge is 0.322 e. The van der Waals surface area contributed by atoms with E-state index in [9.17, 15) is 14.0 Å². The van der Waals surface area contributed by atoms with Crippen molar-refractivity contribution < 1.29 is 9.18 Å². The number of rotatable bonds is 3. The normalized spacial score (nSPS) is 13.2. The molecule has 0 spiro atoms. The van der Waals surface area contributed by atoms with E-state index in [4.69, 9.17) is 0 Å². The lowest BCUT2D eigenvalue weighted by molar-refractivity contribution is -0.116. The van der Waals surface area contributed by atoms with E-state index in [2.05, 4.69) is 10.3 Å². The topological polar surface area (TPSA) is 64.0 Å². The number of anilines is 1. The van der Waals surface area contributed by atoms with E-state index in [1.54, 1.807) is 23.5 Å². The fourth-order valence-corrected chi connectivity index (χ4v) is 4.26. The summed E-state index contributed by atoms with van der Waals surface area (Å²) in [5.74, 6) is -0.974. The minimum Gasteiger partial charge on any atom is -0.322 e. The molecule has 24 heavy (non-hydrogen) atoms. The van der Waals surface area contributed by atoms with Crippen LogP contribution in [0.1, 0.15) is 16.9 Å². The molecule has 2 heterocycles. The van der Waals surface area contributed by atoms with Gasteiger partial charge in [-0.3, -0.25) is 14.2 Å². The summed E-state index contributed by atoms with van der Waals surface area (Å²) in [6.45, 7) is -0.194. The highest BCUT2D eigenvalue weighted by molar-refractivity contribution is 7.18. The lowest BCUT2D eigenvalue weighted by atomic mass is 10.2. The molecule has 2 aromatic heterocycles. The Morgan fingerprint density at radius 2 is 2.17 bits per heavy atom. The zero-order chi connectivity index (χ0) is 16.7. The number of aromatic nitrogens is 2. The molecule has 1 amide bonds. The quantitative estimate of drug-likeness (QED) is 0.795. The van der Waals surface area contributed by atoms with E-state index in [0.29, 0.717) is 5.39 Å². The second kappa shape index (κ2) is 5.83. The summed E-state index contributed by atoms with van der Waals surface area (Å²) in [5.41, 5.74) is 0.973. The van der Waals surface area contributed by atoms with Gasteiger partial charge in [0, 0.05) is 4.88 Å². The molecule has 1 aliphatic carbocycles. The van der Waals surface area contributed by atoms with Crippen molar-refractivity contribution in [1.82, 2.24) is 9.55 Å². The fraction of sp³-hybridized carbons (Fsp3) is 0.235. The molecule has 1 aliphatic rings. The number of fused-ring (bicyclic) bond motifs is 3. The molecule has 0 aliphatic heterocycles. The van der Waals surface area contributed by atoms with Gasteiger partial charge in [0.05, 0.1) is 17.4 Å². The summed E-state index contributed by atoms with van der Waals surface area (Å²) >= 11 is 1.56. The van der Waals surface area contributed by atoms with Crippen molar-refractivity contribution in [3.05, 3.63) is 57.2 Å². The van der Waals surface area contributed by atoms with Gasteiger partial charge in [-0.25, -0.2) is 9.37 Å². The van der Waals surface area contributed by atoms with Crippen LogP contribution in [0.5, 0.6) is 0 Å². The van der Waals surface area contributed by atoms with Crippen LogP contribution in [0.3, 0.4) is 0 Å². The molecule has 4 rings (SSSR count). The van der Waals surface area contributed by atoms with Gasteiger partial charge in [-0.2, -0.15) is 0 Å². The molecule has 0 fully saturated rings. The minimum absolute atomic E-state index is 0.0982. The van der Waals surface area contributed by atoms with Gasteiger partial charge in [-0.15, -0.1) is 11.3 Å². The predicted octanol–water partition coefficient (Wildman–Crippen LogP) is 2.72. The first kappa shape index (κ1) is 15.0. The van der Waals surface area contributed by atoms with Gasteiger partial charge >= 0.3 is 0 Å². The molecule has 0 unspecified atom stereocenters. The van der Waals surface area contributed by atoms with E-state index in [1.165, 1.54) is 27.9 Å². The van der Waals surface area contributed by atoms with Crippen LogP contribution in [0.4, 0.5) is 10.1 Å². The Bertz CT molecular complexity index is 1010. The third-order valence-electron chi connectivity index (χ3n) is 4.15. The van der Waals surface area contributed by atoms with E-state index >= 15 is 0 Å². The molecule has 0 radical (unpaired) electrons. The number of thiophene rings is 1. The Morgan fingerprint density at radius 1 is 1.33 bits per heavy atom. The second-order valence-corrected chi connectivity index (χ2v) is 6.83. The molecule has 0 saturated heterocycles. The summed E-state index contributed by atoms with van der Waals surface area (Å²) in [7, 11) is 0. The maximum atomic E-state index is 13.6.